The highest BCUT2D eigenvalue weighted by Gasteiger charge is 2.11. The Bertz CT molecular complexity index is 936. The van der Waals surface area contributed by atoms with Crippen molar-refractivity contribution in [2.45, 2.75) is 6.54 Å². The van der Waals surface area contributed by atoms with Crippen LogP contribution in [0.3, 0.4) is 0 Å². The van der Waals surface area contributed by atoms with Gasteiger partial charge in [-0.15, -0.1) is 0 Å². The molecule has 0 bridgehead atoms. The Balaban J connectivity index is 1.76. The molecule has 0 spiro atoms. The van der Waals surface area contributed by atoms with E-state index in [4.69, 9.17) is 19.2 Å². The van der Waals surface area contributed by atoms with Gasteiger partial charge >= 0.3 is 5.76 Å². The van der Waals surface area contributed by atoms with E-state index in [1.807, 2.05) is 6.07 Å². The molecular weight excluding hydrogens is 298 g/mol. The molecule has 1 aromatic carbocycles. The van der Waals surface area contributed by atoms with E-state index in [-0.39, 0.29) is 13.2 Å². The van der Waals surface area contributed by atoms with Gasteiger partial charge in [0, 0.05) is 12.3 Å². The molecule has 0 saturated heterocycles. The molecule has 0 N–H and O–H groups in total. The van der Waals surface area contributed by atoms with E-state index in [1.165, 1.54) is 11.7 Å². The van der Waals surface area contributed by atoms with Gasteiger partial charge in [0.05, 0.1) is 25.3 Å². The third kappa shape index (κ3) is 2.87. The molecule has 3 rings (SSSR count). The number of benzene rings is 1. The Morgan fingerprint density at radius 2 is 2.22 bits per heavy atom. The molecule has 7 nitrogen and oxygen atoms in total. The van der Waals surface area contributed by atoms with Gasteiger partial charge in [0.2, 0.25) is 0 Å². The summed E-state index contributed by atoms with van der Waals surface area (Å²) in [6.45, 7) is 0.513. The highest BCUT2D eigenvalue weighted by molar-refractivity contribution is 5.67. The number of hydrogen-bond donors (Lipinski definition) is 0. The van der Waals surface area contributed by atoms with Crippen LogP contribution in [-0.4, -0.2) is 23.3 Å². The number of fused-ring (bicyclic) bond motifs is 1. The van der Waals surface area contributed by atoms with Crippen molar-refractivity contribution in [2.75, 3.05) is 13.7 Å². The SMILES string of the molecule is COc1cc(C#N)ccc1OCCn1c(=O)oc2cccnc21. The van der Waals surface area contributed by atoms with E-state index in [0.717, 1.165) is 0 Å². The van der Waals surface area contributed by atoms with Gasteiger partial charge in [-0.1, -0.05) is 0 Å². The second-order valence-corrected chi connectivity index (χ2v) is 4.67. The second kappa shape index (κ2) is 6.23. The number of nitriles is 1. The summed E-state index contributed by atoms with van der Waals surface area (Å²) in [6, 6.07) is 10.3. The van der Waals surface area contributed by atoms with Crippen LogP contribution in [0.5, 0.6) is 11.5 Å². The van der Waals surface area contributed by atoms with Crippen LogP contribution < -0.4 is 15.2 Å². The monoisotopic (exact) mass is 311 g/mol. The van der Waals surface area contributed by atoms with Crippen LogP contribution in [0.4, 0.5) is 0 Å². The Labute approximate surface area is 131 Å². The molecule has 116 valence electrons. The van der Waals surface area contributed by atoms with Gasteiger partial charge in [-0.2, -0.15) is 5.26 Å². The Morgan fingerprint density at radius 3 is 3.00 bits per heavy atom. The maximum Gasteiger partial charge on any atom is 0.421 e. The first-order chi connectivity index (χ1) is 11.2. The van der Waals surface area contributed by atoms with Gasteiger partial charge in [0.1, 0.15) is 6.61 Å². The molecule has 0 saturated carbocycles. The Hall–Kier alpha value is -3.27. The third-order valence-corrected chi connectivity index (χ3v) is 3.29. The standard InChI is InChI=1S/C16H13N3O4/c1-21-14-9-11(10-17)4-5-12(14)22-8-7-19-15-13(23-16(19)20)3-2-6-18-15/h2-6,9H,7-8H2,1H3. The highest BCUT2D eigenvalue weighted by Crippen LogP contribution is 2.27. The van der Waals surface area contributed by atoms with Crippen molar-refractivity contribution in [3.05, 3.63) is 52.6 Å². The summed E-state index contributed by atoms with van der Waals surface area (Å²) < 4.78 is 17.3. The molecule has 0 radical (unpaired) electrons. The van der Waals surface area contributed by atoms with Gasteiger partial charge in [0.25, 0.3) is 0 Å². The van der Waals surface area contributed by atoms with Gasteiger partial charge in [0.15, 0.2) is 22.7 Å². The first-order valence-corrected chi connectivity index (χ1v) is 6.88. The molecule has 0 unspecified atom stereocenters. The second-order valence-electron chi connectivity index (χ2n) is 4.67. The molecule has 2 heterocycles. The van der Waals surface area contributed by atoms with Gasteiger partial charge in [-0.05, 0) is 24.3 Å². The van der Waals surface area contributed by atoms with E-state index < -0.39 is 5.76 Å². The molecular formula is C16H13N3O4. The average Bonchev–Trinajstić information content (AvgIpc) is 2.90. The maximum absolute atomic E-state index is 11.8. The smallest absolute Gasteiger partial charge is 0.421 e. The zero-order valence-corrected chi connectivity index (χ0v) is 12.4. The van der Waals surface area contributed by atoms with Crippen LogP contribution in [-0.2, 0) is 6.54 Å². The predicted octanol–water partition coefficient (Wildman–Crippen LogP) is 1.95. The predicted molar refractivity (Wildman–Crippen MR) is 81.5 cm³/mol. The summed E-state index contributed by atoms with van der Waals surface area (Å²) in [7, 11) is 1.50. The van der Waals surface area contributed by atoms with Crippen LogP contribution in [0.25, 0.3) is 11.2 Å². The molecule has 2 aromatic heterocycles. The molecule has 0 aliphatic rings. The largest absolute Gasteiger partial charge is 0.493 e. The number of methoxy groups -OCH3 is 1. The number of ether oxygens (including phenoxy) is 2. The summed E-state index contributed by atoms with van der Waals surface area (Å²) >= 11 is 0. The molecule has 0 aliphatic heterocycles. The summed E-state index contributed by atoms with van der Waals surface area (Å²) in [5, 5.41) is 8.88. The van der Waals surface area contributed by atoms with Crippen molar-refractivity contribution in [3.8, 4) is 17.6 Å². The van der Waals surface area contributed by atoms with Crippen LogP contribution in [0.1, 0.15) is 5.56 Å². The molecule has 0 atom stereocenters. The molecule has 0 aliphatic carbocycles. The molecule has 0 fully saturated rings. The van der Waals surface area contributed by atoms with Crippen molar-refractivity contribution >= 4 is 11.2 Å². The van der Waals surface area contributed by atoms with Crippen LogP contribution >= 0.6 is 0 Å². The van der Waals surface area contributed by atoms with E-state index >= 15 is 0 Å². The van der Waals surface area contributed by atoms with Crippen LogP contribution in [0.15, 0.2) is 45.7 Å². The van der Waals surface area contributed by atoms with Crippen molar-refractivity contribution in [1.29, 1.82) is 5.26 Å². The lowest BCUT2D eigenvalue weighted by Crippen LogP contribution is -2.19. The third-order valence-electron chi connectivity index (χ3n) is 3.29. The minimum atomic E-state index is -0.478. The molecule has 0 amide bonds. The number of nitrogens with zero attached hydrogens (tertiary/aromatic N) is 3. The van der Waals surface area contributed by atoms with Crippen molar-refractivity contribution in [3.63, 3.8) is 0 Å². The van der Waals surface area contributed by atoms with Gasteiger partial charge in [-0.3, -0.25) is 4.57 Å². The Kier molecular flexibility index (Phi) is 3.97. The quantitative estimate of drug-likeness (QED) is 0.715. The zero-order valence-electron chi connectivity index (χ0n) is 12.4. The zero-order chi connectivity index (χ0) is 16.2. The maximum atomic E-state index is 11.8. The van der Waals surface area contributed by atoms with Crippen molar-refractivity contribution < 1.29 is 13.9 Å². The number of hydrogen-bond acceptors (Lipinski definition) is 6. The molecule has 23 heavy (non-hydrogen) atoms. The lowest BCUT2D eigenvalue weighted by Gasteiger charge is -2.10. The van der Waals surface area contributed by atoms with Crippen LogP contribution in [0.2, 0.25) is 0 Å². The van der Waals surface area contributed by atoms with E-state index in [0.29, 0.717) is 28.3 Å². The summed E-state index contributed by atoms with van der Waals surface area (Å²) in [5.41, 5.74) is 1.40. The topological polar surface area (TPSA) is 90.3 Å². The van der Waals surface area contributed by atoms with Crippen molar-refractivity contribution in [1.82, 2.24) is 9.55 Å². The minimum Gasteiger partial charge on any atom is -0.493 e. The molecule has 7 heteroatoms. The fourth-order valence-electron chi connectivity index (χ4n) is 2.20. The Morgan fingerprint density at radius 1 is 1.35 bits per heavy atom. The average molecular weight is 311 g/mol. The minimum absolute atomic E-state index is 0.230. The highest BCUT2D eigenvalue weighted by atomic mass is 16.5. The number of pyridine rings is 1. The number of oxazole rings is 1. The first-order valence-electron chi connectivity index (χ1n) is 6.88. The fraction of sp³-hybridized carbons (Fsp3) is 0.188. The van der Waals surface area contributed by atoms with E-state index in [9.17, 15) is 4.79 Å². The van der Waals surface area contributed by atoms with Gasteiger partial charge < -0.3 is 13.9 Å². The van der Waals surface area contributed by atoms with Gasteiger partial charge in [-0.25, -0.2) is 9.78 Å². The first kappa shape index (κ1) is 14.7. The normalized spacial score (nSPS) is 10.4. The summed E-state index contributed by atoms with van der Waals surface area (Å²) in [6.07, 6.45) is 1.60. The lowest BCUT2D eigenvalue weighted by atomic mass is 10.2. The van der Waals surface area contributed by atoms with Crippen LogP contribution in [0, 0.1) is 11.3 Å². The lowest BCUT2D eigenvalue weighted by molar-refractivity contribution is 0.276. The fourth-order valence-corrected chi connectivity index (χ4v) is 2.20. The van der Waals surface area contributed by atoms with Crippen molar-refractivity contribution in [2.24, 2.45) is 0 Å². The summed E-state index contributed by atoms with van der Waals surface area (Å²) in [4.78, 5) is 16.0. The van der Waals surface area contributed by atoms with E-state index in [2.05, 4.69) is 4.98 Å². The summed E-state index contributed by atoms with van der Waals surface area (Å²) in [5.74, 6) is 0.487. The number of rotatable bonds is 5. The molecule has 3 aromatic rings. The number of aromatic nitrogens is 2. The van der Waals surface area contributed by atoms with E-state index in [1.54, 1.807) is 36.5 Å².